The predicted molar refractivity (Wildman–Crippen MR) is 63.8 cm³/mol. The maximum Gasteiger partial charge on any atom is 0.127 e. The van der Waals surface area contributed by atoms with Gasteiger partial charge in [-0.3, -0.25) is 0 Å². The van der Waals surface area contributed by atoms with Crippen molar-refractivity contribution in [3.05, 3.63) is 35.4 Å². The molecular formula is C13H17NO2. The van der Waals surface area contributed by atoms with Gasteiger partial charge in [-0.25, -0.2) is 0 Å². The van der Waals surface area contributed by atoms with E-state index in [0.29, 0.717) is 6.61 Å². The summed E-state index contributed by atoms with van der Waals surface area (Å²) in [6.07, 6.45) is 2.15. The van der Waals surface area contributed by atoms with E-state index >= 15 is 0 Å². The Morgan fingerprint density at radius 1 is 1.56 bits per heavy atom. The van der Waals surface area contributed by atoms with Crippen LogP contribution in [0.3, 0.4) is 0 Å². The summed E-state index contributed by atoms with van der Waals surface area (Å²) < 4.78 is 5.51. The van der Waals surface area contributed by atoms with Gasteiger partial charge in [-0.1, -0.05) is 11.6 Å². The molecule has 1 unspecified atom stereocenters. The smallest absolute Gasteiger partial charge is 0.127 e. The number of ether oxygens (including phenoxy) is 1. The Morgan fingerprint density at radius 2 is 2.38 bits per heavy atom. The number of nitrogens with one attached hydrogen (secondary N) is 1. The third-order valence-electron chi connectivity index (χ3n) is 2.65. The molecule has 1 aromatic rings. The molecule has 1 heterocycles. The van der Waals surface area contributed by atoms with Crippen LogP contribution in [0, 0.1) is 0 Å². The molecule has 0 bridgehead atoms. The molecule has 0 spiro atoms. The minimum atomic E-state index is 0.228. The van der Waals surface area contributed by atoms with Gasteiger partial charge in [-0.15, -0.1) is 0 Å². The monoisotopic (exact) mass is 219 g/mol. The van der Waals surface area contributed by atoms with E-state index in [9.17, 15) is 5.11 Å². The number of rotatable bonds is 3. The quantitative estimate of drug-likeness (QED) is 0.767. The molecule has 0 aliphatic carbocycles. The Kier molecular flexibility index (Phi) is 3.15. The molecule has 1 aliphatic rings. The lowest BCUT2D eigenvalue weighted by atomic mass is 10.1. The van der Waals surface area contributed by atoms with Crippen LogP contribution in [0.1, 0.15) is 25.5 Å². The van der Waals surface area contributed by atoms with Gasteiger partial charge >= 0.3 is 0 Å². The van der Waals surface area contributed by atoms with Gasteiger partial charge in [0, 0.05) is 18.2 Å². The largest absolute Gasteiger partial charge is 0.508 e. The Balaban J connectivity index is 2.03. The topological polar surface area (TPSA) is 41.5 Å². The zero-order valence-corrected chi connectivity index (χ0v) is 9.66. The fraction of sp³-hybridized carbons (Fsp3) is 0.385. The lowest BCUT2D eigenvalue weighted by Gasteiger charge is -2.09. The van der Waals surface area contributed by atoms with Crippen LogP contribution in [-0.4, -0.2) is 18.3 Å². The molecule has 1 aromatic carbocycles. The minimum absolute atomic E-state index is 0.228. The molecule has 2 rings (SSSR count). The van der Waals surface area contributed by atoms with Gasteiger partial charge in [0.1, 0.15) is 18.1 Å². The van der Waals surface area contributed by atoms with Crippen LogP contribution >= 0.6 is 0 Å². The SMILES string of the molecule is CC(C)=CCNC1COc2cc(O)ccc21. The third kappa shape index (κ3) is 2.36. The van der Waals surface area contributed by atoms with Crippen molar-refractivity contribution < 1.29 is 9.84 Å². The summed E-state index contributed by atoms with van der Waals surface area (Å²) in [7, 11) is 0. The fourth-order valence-corrected chi connectivity index (χ4v) is 1.77. The number of phenols is 1. The molecular weight excluding hydrogens is 202 g/mol. The van der Waals surface area contributed by atoms with Crippen molar-refractivity contribution >= 4 is 0 Å². The molecule has 0 radical (unpaired) electrons. The molecule has 0 saturated heterocycles. The molecule has 1 aliphatic heterocycles. The maximum atomic E-state index is 9.32. The van der Waals surface area contributed by atoms with E-state index in [2.05, 4.69) is 25.2 Å². The van der Waals surface area contributed by atoms with E-state index in [0.717, 1.165) is 17.9 Å². The highest BCUT2D eigenvalue weighted by molar-refractivity contribution is 5.44. The molecule has 0 amide bonds. The number of allylic oxidation sites excluding steroid dienone is 1. The lowest BCUT2D eigenvalue weighted by molar-refractivity contribution is 0.314. The van der Waals surface area contributed by atoms with E-state index in [-0.39, 0.29) is 11.8 Å². The van der Waals surface area contributed by atoms with E-state index in [1.54, 1.807) is 12.1 Å². The number of hydrogen-bond acceptors (Lipinski definition) is 3. The first-order chi connectivity index (χ1) is 7.66. The summed E-state index contributed by atoms with van der Waals surface area (Å²) in [5.74, 6) is 1.04. The number of hydrogen-bond donors (Lipinski definition) is 2. The van der Waals surface area contributed by atoms with E-state index in [4.69, 9.17) is 4.74 Å². The minimum Gasteiger partial charge on any atom is -0.508 e. The second-order valence-electron chi connectivity index (χ2n) is 4.28. The Hall–Kier alpha value is -1.48. The number of aromatic hydroxyl groups is 1. The molecule has 3 heteroatoms. The fourth-order valence-electron chi connectivity index (χ4n) is 1.77. The second-order valence-corrected chi connectivity index (χ2v) is 4.28. The van der Waals surface area contributed by atoms with Gasteiger partial charge in [-0.2, -0.15) is 0 Å². The first-order valence-corrected chi connectivity index (χ1v) is 5.49. The van der Waals surface area contributed by atoms with E-state index in [1.807, 2.05) is 6.07 Å². The average molecular weight is 219 g/mol. The van der Waals surface area contributed by atoms with Crippen molar-refractivity contribution in [3.63, 3.8) is 0 Å². The molecule has 1 atom stereocenters. The summed E-state index contributed by atoms with van der Waals surface area (Å²) in [5.41, 5.74) is 2.43. The summed E-state index contributed by atoms with van der Waals surface area (Å²) in [4.78, 5) is 0. The van der Waals surface area contributed by atoms with E-state index < -0.39 is 0 Å². The third-order valence-corrected chi connectivity index (χ3v) is 2.65. The predicted octanol–water partition coefficient (Wildman–Crippen LogP) is 2.38. The zero-order valence-electron chi connectivity index (χ0n) is 9.66. The summed E-state index contributed by atoms with van der Waals surface area (Å²) in [5, 5.41) is 12.7. The first-order valence-electron chi connectivity index (χ1n) is 5.49. The lowest BCUT2D eigenvalue weighted by Crippen LogP contribution is -2.22. The van der Waals surface area contributed by atoms with Crippen LogP contribution in [0.25, 0.3) is 0 Å². The highest BCUT2D eigenvalue weighted by atomic mass is 16.5. The van der Waals surface area contributed by atoms with Crippen LogP contribution in [0.15, 0.2) is 29.8 Å². The van der Waals surface area contributed by atoms with Crippen molar-refractivity contribution in [1.82, 2.24) is 5.32 Å². The van der Waals surface area contributed by atoms with Gasteiger partial charge in [0.2, 0.25) is 0 Å². The number of phenolic OH excluding ortho intramolecular Hbond substituents is 1. The maximum absolute atomic E-state index is 9.32. The van der Waals surface area contributed by atoms with Gasteiger partial charge in [0.05, 0.1) is 6.04 Å². The van der Waals surface area contributed by atoms with Crippen molar-refractivity contribution in [2.75, 3.05) is 13.2 Å². The van der Waals surface area contributed by atoms with Crippen LogP contribution in [0.4, 0.5) is 0 Å². The Labute approximate surface area is 95.7 Å². The second kappa shape index (κ2) is 4.58. The standard InChI is InChI=1S/C13H17NO2/c1-9(2)5-6-14-12-8-16-13-7-10(15)3-4-11(12)13/h3-5,7,12,14-15H,6,8H2,1-2H3. The number of benzene rings is 1. The molecule has 0 saturated carbocycles. The Bertz CT molecular complexity index is 408. The molecule has 86 valence electrons. The summed E-state index contributed by atoms with van der Waals surface area (Å²) in [6, 6.07) is 5.50. The molecule has 2 N–H and O–H groups in total. The van der Waals surface area contributed by atoms with Crippen molar-refractivity contribution in [2.45, 2.75) is 19.9 Å². The van der Waals surface area contributed by atoms with Gasteiger partial charge < -0.3 is 15.2 Å². The van der Waals surface area contributed by atoms with Crippen molar-refractivity contribution in [1.29, 1.82) is 0 Å². The van der Waals surface area contributed by atoms with Crippen LogP contribution in [0.5, 0.6) is 11.5 Å². The van der Waals surface area contributed by atoms with Crippen molar-refractivity contribution in [3.8, 4) is 11.5 Å². The molecule has 16 heavy (non-hydrogen) atoms. The normalized spacial score (nSPS) is 17.8. The van der Waals surface area contributed by atoms with Crippen LogP contribution in [-0.2, 0) is 0 Å². The molecule has 0 fully saturated rings. The van der Waals surface area contributed by atoms with Gasteiger partial charge in [0.15, 0.2) is 0 Å². The average Bonchev–Trinajstić information content (AvgIpc) is 2.60. The van der Waals surface area contributed by atoms with Gasteiger partial charge in [-0.05, 0) is 26.0 Å². The molecule has 3 nitrogen and oxygen atoms in total. The summed E-state index contributed by atoms with van der Waals surface area (Å²) in [6.45, 7) is 5.64. The van der Waals surface area contributed by atoms with E-state index in [1.165, 1.54) is 5.57 Å². The molecule has 0 aromatic heterocycles. The first kappa shape index (κ1) is 11.0. The number of fused-ring (bicyclic) bond motifs is 1. The highest BCUT2D eigenvalue weighted by Gasteiger charge is 2.23. The van der Waals surface area contributed by atoms with Crippen LogP contribution < -0.4 is 10.1 Å². The van der Waals surface area contributed by atoms with Crippen molar-refractivity contribution in [2.24, 2.45) is 0 Å². The highest BCUT2D eigenvalue weighted by Crippen LogP contribution is 2.34. The van der Waals surface area contributed by atoms with Gasteiger partial charge in [0.25, 0.3) is 0 Å². The Morgan fingerprint density at radius 3 is 3.12 bits per heavy atom. The zero-order chi connectivity index (χ0) is 11.5. The van der Waals surface area contributed by atoms with Crippen LogP contribution in [0.2, 0.25) is 0 Å². The summed E-state index contributed by atoms with van der Waals surface area (Å²) >= 11 is 0.